The van der Waals surface area contributed by atoms with Crippen LogP contribution < -0.4 is 15.4 Å². The summed E-state index contributed by atoms with van der Waals surface area (Å²) in [5.74, 6) is 1.03. The first-order valence-electron chi connectivity index (χ1n) is 9.27. The van der Waals surface area contributed by atoms with Crippen LogP contribution in [0.1, 0.15) is 41.6 Å². The first kappa shape index (κ1) is 18.4. The first-order valence-corrected chi connectivity index (χ1v) is 9.27. The maximum absolute atomic E-state index is 12.0. The molecule has 5 heteroatoms. The molecule has 1 atom stereocenters. The molecule has 5 nitrogen and oxygen atoms in total. The van der Waals surface area contributed by atoms with Gasteiger partial charge in [-0.15, -0.1) is 0 Å². The molecule has 1 aliphatic heterocycles. The molecular weight excluding hydrogens is 326 g/mol. The van der Waals surface area contributed by atoms with Gasteiger partial charge < -0.3 is 15.4 Å². The van der Waals surface area contributed by atoms with Gasteiger partial charge in [-0.2, -0.15) is 0 Å². The zero-order valence-corrected chi connectivity index (χ0v) is 15.5. The SMILES string of the molecule is Cc1cc(CNC2CCCCNC2=O)cc(C)c1OCc1ccccn1. The molecule has 2 heterocycles. The fraction of sp³-hybridized carbons (Fsp3) is 0.429. The molecule has 1 aromatic carbocycles. The van der Waals surface area contributed by atoms with Crippen molar-refractivity contribution in [1.29, 1.82) is 0 Å². The molecule has 2 aromatic rings. The third-order valence-corrected chi connectivity index (χ3v) is 4.70. The molecule has 0 spiro atoms. The second-order valence-corrected chi connectivity index (χ2v) is 6.89. The van der Waals surface area contributed by atoms with E-state index in [0.717, 1.165) is 48.4 Å². The van der Waals surface area contributed by atoms with Gasteiger partial charge in [-0.05, 0) is 61.9 Å². The van der Waals surface area contributed by atoms with Crippen LogP contribution in [0.25, 0.3) is 0 Å². The van der Waals surface area contributed by atoms with E-state index < -0.39 is 0 Å². The van der Waals surface area contributed by atoms with Crippen molar-refractivity contribution in [3.8, 4) is 5.75 Å². The molecule has 138 valence electrons. The van der Waals surface area contributed by atoms with Crippen molar-refractivity contribution in [2.75, 3.05) is 6.54 Å². The minimum atomic E-state index is -0.0989. The zero-order chi connectivity index (χ0) is 18.4. The average Bonchev–Trinajstić information content (AvgIpc) is 2.84. The molecule has 26 heavy (non-hydrogen) atoms. The van der Waals surface area contributed by atoms with Gasteiger partial charge >= 0.3 is 0 Å². The van der Waals surface area contributed by atoms with Crippen LogP contribution in [0.3, 0.4) is 0 Å². The van der Waals surface area contributed by atoms with E-state index in [4.69, 9.17) is 4.74 Å². The van der Waals surface area contributed by atoms with Gasteiger partial charge in [-0.3, -0.25) is 9.78 Å². The summed E-state index contributed by atoms with van der Waals surface area (Å²) in [5, 5.41) is 6.36. The number of pyridine rings is 1. The number of hydrogen-bond acceptors (Lipinski definition) is 4. The Balaban J connectivity index is 1.62. The van der Waals surface area contributed by atoms with E-state index in [0.29, 0.717) is 13.2 Å². The maximum Gasteiger partial charge on any atom is 0.237 e. The number of hydrogen-bond donors (Lipinski definition) is 2. The Hall–Kier alpha value is -2.40. The lowest BCUT2D eigenvalue weighted by molar-refractivity contribution is -0.122. The van der Waals surface area contributed by atoms with Gasteiger partial charge in [0.1, 0.15) is 12.4 Å². The van der Waals surface area contributed by atoms with E-state index in [9.17, 15) is 4.79 Å². The Morgan fingerprint density at radius 3 is 2.77 bits per heavy atom. The summed E-state index contributed by atoms with van der Waals surface area (Å²) < 4.78 is 5.99. The van der Waals surface area contributed by atoms with Gasteiger partial charge in [0.25, 0.3) is 0 Å². The van der Waals surface area contributed by atoms with E-state index >= 15 is 0 Å². The number of nitrogens with zero attached hydrogens (tertiary/aromatic N) is 1. The van der Waals surface area contributed by atoms with Crippen LogP contribution in [0.5, 0.6) is 5.75 Å². The highest BCUT2D eigenvalue weighted by atomic mass is 16.5. The molecule has 1 aliphatic rings. The average molecular weight is 353 g/mol. The van der Waals surface area contributed by atoms with Crippen molar-refractivity contribution in [3.63, 3.8) is 0 Å². The summed E-state index contributed by atoms with van der Waals surface area (Å²) in [6, 6.07) is 9.98. The van der Waals surface area contributed by atoms with Gasteiger partial charge in [0, 0.05) is 19.3 Å². The highest BCUT2D eigenvalue weighted by Crippen LogP contribution is 2.25. The summed E-state index contributed by atoms with van der Waals surface area (Å²) in [6.45, 7) is 6.05. The van der Waals surface area contributed by atoms with Crippen molar-refractivity contribution in [3.05, 3.63) is 58.9 Å². The molecule has 0 bridgehead atoms. The Kier molecular flexibility index (Phi) is 6.23. The number of carbonyl (C=O) groups excluding carboxylic acids is 1. The minimum Gasteiger partial charge on any atom is -0.487 e. The number of aryl methyl sites for hydroxylation is 2. The normalized spacial score (nSPS) is 17.5. The molecule has 1 unspecified atom stereocenters. The van der Waals surface area contributed by atoms with Crippen molar-refractivity contribution in [2.45, 2.75) is 52.3 Å². The number of aromatic nitrogens is 1. The smallest absolute Gasteiger partial charge is 0.237 e. The molecular formula is C21H27N3O2. The van der Waals surface area contributed by atoms with Crippen LogP contribution in [0.2, 0.25) is 0 Å². The largest absolute Gasteiger partial charge is 0.487 e. The van der Waals surface area contributed by atoms with Crippen LogP contribution in [0, 0.1) is 13.8 Å². The summed E-state index contributed by atoms with van der Waals surface area (Å²) >= 11 is 0. The molecule has 1 amide bonds. The molecule has 1 saturated heterocycles. The van der Waals surface area contributed by atoms with Gasteiger partial charge in [0.15, 0.2) is 0 Å². The fourth-order valence-corrected chi connectivity index (χ4v) is 3.37. The van der Waals surface area contributed by atoms with Gasteiger partial charge in [0.2, 0.25) is 5.91 Å². The van der Waals surface area contributed by atoms with E-state index in [-0.39, 0.29) is 11.9 Å². The standard InChI is InChI=1S/C21H27N3O2/c1-15-11-17(13-24-19-8-4-6-10-23-21(19)25)12-16(2)20(15)26-14-18-7-3-5-9-22-18/h3,5,7,9,11-12,19,24H,4,6,8,10,13-14H2,1-2H3,(H,23,25). The van der Waals surface area contributed by atoms with Crippen LogP contribution in [0.15, 0.2) is 36.5 Å². The lowest BCUT2D eigenvalue weighted by Crippen LogP contribution is -2.42. The van der Waals surface area contributed by atoms with Crippen LogP contribution in [0.4, 0.5) is 0 Å². The van der Waals surface area contributed by atoms with Crippen LogP contribution in [-0.2, 0) is 17.9 Å². The van der Waals surface area contributed by atoms with E-state index in [1.165, 1.54) is 5.56 Å². The van der Waals surface area contributed by atoms with Crippen LogP contribution in [-0.4, -0.2) is 23.5 Å². The zero-order valence-electron chi connectivity index (χ0n) is 15.5. The van der Waals surface area contributed by atoms with Gasteiger partial charge in [0.05, 0.1) is 11.7 Å². The molecule has 0 radical (unpaired) electrons. The third-order valence-electron chi connectivity index (χ3n) is 4.70. The minimum absolute atomic E-state index is 0.0989. The van der Waals surface area contributed by atoms with Crippen LogP contribution >= 0.6 is 0 Å². The number of nitrogens with one attached hydrogen (secondary N) is 2. The molecule has 2 N–H and O–H groups in total. The lowest BCUT2D eigenvalue weighted by Gasteiger charge is -2.17. The summed E-state index contributed by atoms with van der Waals surface area (Å²) in [5.41, 5.74) is 4.28. The van der Waals surface area contributed by atoms with Crippen molar-refractivity contribution in [1.82, 2.24) is 15.6 Å². The number of rotatable bonds is 6. The van der Waals surface area contributed by atoms with E-state index in [1.54, 1.807) is 6.20 Å². The molecule has 1 aromatic heterocycles. The van der Waals surface area contributed by atoms with E-state index in [2.05, 4.69) is 41.6 Å². The fourth-order valence-electron chi connectivity index (χ4n) is 3.37. The topological polar surface area (TPSA) is 63.2 Å². The molecule has 3 rings (SSSR count). The number of carbonyl (C=O) groups is 1. The van der Waals surface area contributed by atoms with Gasteiger partial charge in [-0.1, -0.05) is 18.2 Å². The summed E-state index contributed by atoms with van der Waals surface area (Å²) in [7, 11) is 0. The Labute approximate surface area is 155 Å². The molecule has 1 fully saturated rings. The number of benzene rings is 1. The third kappa shape index (κ3) is 4.82. The number of ether oxygens (including phenoxy) is 1. The monoisotopic (exact) mass is 353 g/mol. The maximum atomic E-state index is 12.0. The van der Waals surface area contributed by atoms with Gasteiger partial charge in [-0.25, -0.2) is 0 Å². The number of amides is 1. The highest BCUT2D eigenvalue weighted by Gasteiger charge is 2.19. The Morgan fingerprint density at radius 2 is 2.04 bits per heavy atom. The quantitative estimate of drug-likeness (QED) is 0.838. The summed E-state index contributed by atoms with van der Waals surface area (Å²) in [6.07, 6.45) is 4.81. The van der Waals surface area contributed by atoms with Crippen molar-refractivity contribution in [2.24, 2.45) is 0 Å². The molecule has 0 saturated carbocycles. The van der Waals surface area contributed by atoms with E-state index in [1.807, 2.05) is 18.2 Å². The Morgan fingerprint density at radius 1 is 1.23 bits per heavy atom. The highest BCUT2D eigenvalue weighted by molar-refractivity contribution is 5.81. The van der Waals surface area contributed by atoms with Crippen molar-refractivity contribution < 1.29 is 9.53 Å². The lowest BCUT2D eigenvalue weighted by atomic mass is 10.0. The molecule has 0 aliphatic carbocycles. The summed E-state index contributed by atoms with van der Waals surface area (Å²) in [4.78, 5) is 16.3. The predicted molar refractivity (Wildman–Crippen MR) is 102 cm³/mol. The second-order valence-electron chi connectivity index (χ2n) is 6.89. The predicted octanol–water partition coefficient (Wildman–Crippen LogP) is 3.04. The second kappa shape index (κ2) is 8.81. The van der Waals surface area contributed by atoms with Crippen molar-refractivity contribution >= 4 is 5.91 Å². The Bertz CT molecular complexity index is 723. The first-order chi connectivity index (χ1) is 12.6.